The van der Waals surface area contributed by atoms with Gasteiger partial charge in [0, 0.05) is 33.8 Å². The van der Waals surface area contributed by atoms with E-state index in [1.807, 2.05) is 12.1 Å². The number of para-hydroxylation sites is 4. The largest absolute Gasteiger partial charge is 0.456 e. The van der Waals surface area contributed by atoms with Crippen LogP contribution in [0.4, 0.5) is 34.1 Å². The maximum absolute atomic E-state index is 6.28. The first-order valence-corrected chi connectivity index (χ1v) is 14.5. The number of nitrogens with zero attached hydrogens (tertiary/aromatic N) is 2. The number of hydrogen-bond acceptors (Lipinski definition) is 3. The highest BCUT2D eigenvalue weighted by Crippen LogP contribution is 2.44. The van der Waals surface area contributed by atoms with Gasteiger partial charge >= 0.3 is 0 Å². The molecular formula is C40H28N2O. The Hall–Kier alpha value is -5.80. The summed E-state index contributed by atoms with van der Waals surface area (Å²) in [5, 5.41) is 4.57. The number of furan rings is 1. The van der Waals surface area contributed by atoms with E-state index >= 15 is 0 Å². The first-order chi connectivity index (χ1) is 21.3. The number of rotatable bonds is 6. The van der Waals surface area contributed by atoms with Crippen LogP contribution in [0.25, 0.3) is 32.7 Å². The van der Waals surface area contributed by atoms with Crippen molar-refractivity contribution in [3.63, 3.8) is 0 Å². The van der Waals surface area contributed by atoms with Crippen molar-refractivity contribution in [2.24, 2.45) is 0 Å². The summed E-state index contributed by atoms with van der Waals surface area (Å²) in [7, 11) is 0. The molecule has 8 aromatic rings. The molecule has 0 atom stereocenters. The molecule has 0 saturated heterocycles. The molecule has 0 N–H and O–H groups in total. The minimum absolute atomic E-state index is 0.879. The molecule has 1 aromatic heterocycles. The van der Waals surface area contributed by atoms with Gasteiger partial charge in [0.15, 0.2) is 0 Å². The summed E-state index contributed by atoms with van der Waals surface area (Å²) in [6.07, 6.45) is 0. The summed E-state index contributed by atoms with van der Waals surface area (Å²) in [6.45, 7) is 0. The van der Waals surface area contributed by atoms with E-state index in [1.165, 1.54) is 5.39 Å². The van der Waals surface area contributed by atoms with Gasteiger partial charge in [0.2, 0.25) is 0 Å². The Morgan fingerprint density at radius 3 is 1.49 bits per heavy atom. The Bertz CT molecular complexity index is 2150. The molecule has 7 aromatic carbocycles. The number of fused-ring (bicyclic) bond motifs is 4. The summed E-state index contributed by atoms with van der Waals surface area (Å²) in [4.78, 5) is 4.64. The molecule has 0 aliphatic rings. The standard InChI is InChI=1S/C40H28N2O/c1-4-13-31(14-5-1)41(32-15-6-2-7-16-32)34-25-23-29-24-26-35(28-30(29)27-34)42(33-17-8-3-9-18-33)37-20-12-22-39-40(37)36-19-10-11-21-38(36)43-39/h1-28H. The van der Waals surface area contributed by atoms with Gasteiger partial charge in [0.05, 0.1) is 11.1 Å². The fourth-order valence-electron chi connectivity index (χ4n) is 6.05. The van der Waals surface area contributed by atoms with E-state index in [0.717, 1.165) is 61.4 Å². The van der Waals surface area contributed by atoms with Crippen LogP contribution in [0.1, 0.15) is 0 Å². The van der Waals surface area contributed by atoms with E-state index in [-0.39, 0.29) is 0 Å². The Labute approximate surface area is 250 Å². The van der Waals surface area contributed by atoms with Crippen LogP contribution in [0.15, 0.2) is 174 Å². The lowest BCUT2D eigenvalue weighted by Crippen LogP contribution is -2.11. The fourth-order valence-corrected chi connectivity index (χ4v) is 6.05. The van der Waals surface area contributed by atoms with Crippen molar-refractivity contribution in [2.45, 2.75) is 0 Å². The van der Waals surface area contributed by atoms with Gasteiger partial charge in [0.25, 0.3) is 0 Å². The van der Waals surface area contributed by atoms with Crippen LogP contribution in [0.5, 0.6) is 0 Å². The molecule has 0 aliphatic carbocycles. The van der Waals surface area contributed by atoms with Crippen LogP contribution in [0.3, 0.4) is 0 Å². The second kappa shape index (κ2) is 10.6. The third kappa shape index (κ3) is 4.48. The van der Waals surface area contributed by atoms with Crippen molar-refractivity contribution in [2.75, 3.05) is 9.80 Å². The quantitative estimate of drug-likeness (QED) is 0.205. The van der Waals surface area contributed by atoms with Gasteiger partial charge in [0.1, 0.15) is 11.2 Å². The molecule has 3 nitrogen and oxygen atoms in total. The van der Waals surface area contributed by atoms with Gasteiger partial charge in [-0.1, -0.05) is 91.0 Å². The molecule has 1 heterocycles. The normalized spacial score (nSPS) is 11.3. The fraction of sp³-hybridized carbons (Fsp3) is 0. The molecular weight excluding hydrogens is 524 g/mol. The zero-order valence-corrected chi connectivity index (χ0v) is 23.5. The number of hydrogen-bond donors (Lipinski definition) is 0. The minimum Gasteiger partial charge on any atom is -0.456 e. The van der Waals surface area contributed by atoms with E-state index in [9.17, 15) is 0 Å². The van der Waals surface area contributed by atoms with Crippen LogP contribution in [0, 0.1) is 0 Å². The molecule has 43 heavy (non-hydrogen) atoms. The maximum Gasteiger partial charge on any atom is 0.137 e. The lowest BCUT2D eigenvalue weighted by Gasteiger charge is -2.27. The topological polar surface area (TPSA) is 19.6 Å². The van der Waals surface area contributed by atoms with E-state index in [4.69, 9.17) is 4.42 Å². The summed E-state index contributed by atoms with van der Waals surface area (Å²) < 4.78 is 6.28. The van der Waals surface area contributed by atoms with Gasteiger partial charge in [-0.05, 0) is 89.6 Å². The summed E-state index contributed by atoms with van der Waals surface area (Å²) in [5.41, 5.74) is 8.37. The lowest BCUT2D eigenvalue weighted by atomic mass is 10.0. The molecule has 0 aliphatic heterocycles. The van der Waals surface area contributed by atoms with E-state index in [2.05, 4.69) is 168 Å². The third-order valence-corrected chi connectivity index (χ3v) is 7.99. The molecule has 0 amide bonds. The monoisotopic (exact) mass is 552 g/mol. The highest BCUT2D eigenvalue weighted by molar-refractivity contribution is 6.13. The van der Waals surface area contributed by atoms with Crippen LogP contribution in [-0.4, -0.2) is 0 Å². The summed E-state index contributed by atoms with van der Waals surface area (Å²) >= 11 is 0. The Balaban J connectivity index is 1.32. The summed E-state index contributed by atoms with van der Waals surface area (Å²) in [6, 6.07) is 59.6. The molecule has 0 unspecified atom stereocenters. The van der Waals surface area contributed by atoms with E-state index in [1.54, 1.807) is 0 Å². The van der Waals surface area contributed by atoms with Crippen molar-refractivity contribution in [3.8, 4) is 0 Å². The predicted molar refractivity (Wildman–Crippen MR) is 181 cm³/mol. The van der Waals surface area contributed by atoms with Crippen LogP contribution in [0.2, 0.25) is 0 Å². The molecule has 3 heteroatoms. The average Bonchev–Trinajstić information content (AvgIpc) is 3.46. The number of benzene rings is 7. The van der Waals surface area contributed by atoms with Gasteiger partial charge < -0.3 is 14.2 Å². The van der Waals surface area contributed by atoms with E-state index in [0.29, 0.717) is 0 Å². The molecule has 8 rings (SSSR count). The Morgan fingerprint density at radius 2 is 0.860 bits per heavy atom. The SMILES string of the molecule is c1ccc(N(c2ccccc2)c2ccc3ccc(N(c4ccccc4)c4cccc5oc6ccccc6c45)cc3c2)cc1. The summed E-state index contributed by atoms with van der Waals surface area (Å²) in [5.74, 6) is 0. The van der Waals surface area contributed by atoms with E-state index < -0.39 is 0 Å². The second-order valence-electron chi connectivity index (χ2n) is 10.6. The zero-order chi connectivity index (χ0) is 28.6. The van der Waals surface area contributed by atoms with Gasteiger partial charge in [-0.25, -0.2) is 0 Å². The highest BCUT2D eigenvalue weighted by atomic mass is 16.3. The Kier molecular flexibility index (Phi) is 6.12. The molecule has 0 spiro atoms. The maximum atomic E-state index is 6.28. The lowest BCUT2D eigenvalue weighted by molar-refractivity contribution is 0.669. The van der Waals surface area contributed by atoms with Crippen molar-refractivity contribution >= 4 is 66.8 Å². The molecule has 0 fully saturated rings. The molecule has 0 saturated carbocycles. The van der Waals surface area contributed by atoms with Gasteiger partial charge in [-0.3, -0.25) is 0 Å². The average molecular weight is 553 g/mol. The van der Waals surface area contributed by atoms with Crippen molar-refractivity contribution in [3.05, 3.63) is 170 Å². The number of anilines is 6. The van der Waals surface area contributed by atoms with Crippen LogP contribution in [-0.2, 0) is 0 Å². The smallest absolute Gasteiger partial charge is 0.137 e. The van der Waals surface area contributed by atoms with Gasteiger partial charge in [-0.15, -0.1) is 0 Å². The van der Waals surface area contributed by atoms with Crippen molar-refractivity contribution in [1.82, 2.24) is 0 Å². The minimum atomic E-state index is 0.879. The Morgan fingerprint density at radius 1 is 0.349 bits per heavy atom. The first kappa shape index (κ1) is 25.0. The highest BCUT2D eigenvalue weighted by Gasteiger charge is 2.20. The van der Waals surface area contributed by atoms with Crippen LogP contribution < -0.4 is 9.80 Å². The van der Waals surface area contributed by atoms with Crippen LogP contribution >= 0.6 is 0 Å². The zero-order valence-electron chi connectivity index (χ0n) is 23.5. The van der Waals surface area contributed by atoms with Crippen molar-refractivity contribution < 1.29 is 4.42 Å². The second-order valence-corrected chi connectivity index (χ2v) is 10.6. The van der Waals surface area contributed by atoms with Crippen molar-refractivity contribution in [1.29, 1.82) is 0 Å². The molecule has 0 bridgehead atoms. The molecule has 0 radical (unpaired) electrons. The molecule has 204 valence electrons. The third-order valence-electron chi connectivity index (χ3n) is 7.99. The van der Waals surface area contributed by atoms with Gasteiger partial charge in [-0.2, -0.15) is 0 Å². The predicted octanol–water partition coefficient (Wildman–Crippen LogP) is 11.7. The first-order valence-electron chi connectivity index (χ1n) is 14.5.